The molecular weight excluding hydrogens is 306 g/mol. The second kappa shape index (κ2) is 9.15. The lowest BCUT2D eigenvalue weighted by Gasteiger charge is -2.26. The van der Waals surface area contributed by atoms with Gasteiger partial charge in [-0.05, 0) is 31.2 Å². The van der Waals surface area contributed by atoms with Crippen molar-refractivity contribution in [1.82, 2.24) is 9.88 Å². The molecule has 1 aromatic heterocycles. The van der Waals surface area contributed by atoms with Crippen molar-refractivity contribution < 1.29 is 4.79 Å². The first-order chi connectivity index (χ1) is 10.0. The molecule has 0 aliphatic carbocycles. The van der Waals surface area contributed by atoms with Crippen LogP contribution in [0.15, 0.2) is 12.1 Å². The number of aromatic nitrogens is 1. The minimum Gasteiger partial charge on any atom is -0.370 e. The van der Waals surface area contributed by atoms with Crippen LogP contribution in [0.3, 0.4) is 0 Å². The molecule has 1 unspecified atom stereocenters. The zero-order valence-corrected chi connectivity index (χ0v) is 14.7. The van der Waals surface area contributed by atoms with E-state index in [1.54, 1.807) is 28.8 Å². The van der Waals surface area contributed by atoms with Gasteiger partial charge in [0.25, 0.3) is 5.91 Å². The summed E-state index contributed by atoms with van der Waals surface area (Å²) in [5.74, 6) is 1.47. The number of thioether (sulfide) groups is 1. The summed E-state index contributed by atoms with van der Waals surface area (Å²) in [5, 5.41) is 3.58. The molecule has 0 fully saturated rings. The van der Waals surface area contributed by atoms with Gasteiger partial charge in [0.05, 0.1) is 5.02 Å². The number of hydrogen-bond donors (Lipinski definition) is 1. The maximum atomic E-state index is 12.6. The molecule has 1 aromatic rings. The van der Waals surface area contributed by atoms with Crippen molar-refractivity contribution >= 4 is 35.1 Å². The van der Waals surface area contributed by atoms with Crippen molar-refractivity contribution in [2.24, 2.45) is 0 Å². The van der Waals surface area contributed by atoms with Crippen molar-refractivity contribution in [1.29, 1.82) is 0 Å². The van der Waals surface area contributed by atoms with E-state index in [2.05, 4.69) is 24.1 Å². The van der Waals surface area contributed by atoms with Crippen LogP contribution in [0.1, 0.15) is 37.2 Å². The Kier molecular flexibility index (Phi) is 7.89. The van der Waals surface area contributed by atoms with Crippen molar-refractivity contribution in [2.75, 3.05) is 30.9 Å². The SMILES string of the molecule is CCCNc1ccc(Cl)c(C(=O)N(C)C(CC)CSC)n1. The van der Waals surface area contributed by atoms with E-state index in [1.807, 2.05) is 13.3 Å². The van der Waals surface area contributed by atoms with E-state index in [4.69, 9.17) is 11.6 Å². The number of hydrogen-bond acceptors (Lipinski definition) is 4. The Balaban J connectivity index is 2.94. The van der Waals surface area contributed by atoms with E-state index in [0.29, 0.717) is 16.5 Å². The van der Waals surface area contributed by atoms with Gasteiger partial charge < -0.3 is 10.2 Å². The summed E-state index contributed by atoms with van der Waals surface area (Å²) in [5.41, 5.74) is 0.319. The van der Waals surface area contributed by atoms with Gasteiger partial charge in [0.1, 0.15) is 11.5 Å². The Morgan fingerprint density at radius 1 is 1.48 bits per heavy atom. The van der Waals surface area contributed by atoms with Crippen molar-refractivity contribution in [3.8, 4) is 0 Å². The summed E-state index contributed by atoms with van der Waals surface area (Å²) < 4.78 is 0. The van der Waals surface area contributed by atoms with E-state index in [-0.39, 0.29) is 11.9 Å². The molecule has 6 heteroatoms. The highest BCUT2D eigenvalue weighted by atomic mass is 35.5. The minimum atomic E-state index is -0.124. The van der Waals surface area contributed by atoms with E-state index >= 15 is 0 Å². The third-order valence-electron chi connectivity index (χ3n) is 3.30. The molecule has 0 spiro atoms. The van der Waals surface area contributed by atoms with Gasteiger partial charge in [-0.3, -0.25) is 4.79 Å². The van der Waals surface area contributed by atoms with E-state index < -0.39 is 0 Å². The van der Waals surface area contributed by atoms with Gasteiger partial charge in [0.15, 0.2) is 0 Å². The molecule has 0 aliphatic rings. The number of nitrogens with one attached hydrogen (secondary N) is 1. The largest absolute Gasteiger partial charge is 0.370 e. The zero-order chi connectivity index (χ0) is 15.8. The molecule has 1 N–H and O–H groups in total. The van der Waals surface area contributed by atoms with Gasteiger partial charge in [-0.1, -0.05) is 25.4 Å². The second-order valence-electron chi connectivity index (χ2n) is 4.89. The summed E-state index contributed by atoms with van der Waals surface area (Å²) in [6, 6.07) is 3.72. The molecule has 21 heavy (non-hydrogen) atoms. The smallest absolute Gasteiger partial charge is 0.274 e. The van der Waals surface area contributed by atoms with Crippen LogP contribution in [0, 0.1) is 0 Å². The van der Waals surface area contributed by atoms with Crippen molar-refractivity contribution in [3.63, 3.8) is 0 Å². The Hall–Kier alpha value is -0.940. The van der Waals surface area contributed by atoms with Gasteiger partial charge in [0, 0.05) is 25.4 Å². The fraction of sp³-hybridized carbons (Fsp3) is 0.600. The third kappa shape index (κ3) is 5.08. The first-order valence-electron chi connectivity index (χ1n) is 7.21. The highest BCUT2D eigenvalue weighted by Gasteiger charge is 2.22. The predicted octanol–water partition coefficient (Wildman–Crippen LogP) is 3.77. The number of halogens is 1. The highest BCUT2D eigenvalue weighted by molar-refractivity contribution is 7.98. The standard InChI is InChI=1S/C15H24ClN3OS/c1-5-9-17-13-8-7-12(16)14(18-13)15(20)19(3)11(6-2)10-21-4/h7-8,11H,5-6,9-10H2,1-4H3,(H,17,18). The summed E-state index contributed by atoms with van der Waals surface area (Å²) in [4.78, 5) is 18.7. The van der Waals surface area contributed by atoms with Crippen LogP contribution < -0.4 is 5.32 Å². The normalized spacial score (nSPS) is 12.0. The van der Waals surface area contributed by atoms with Gasteiger partial charge in [0.2, 0.25) is 0 Å². The molecule has 0 radical (unpaired) electrons. The Morgan fingerprint density at radius 3 is 2.76 bits per heavy atom. The number of pyridine rings is 1. The molecule has 1 amide bonds. The summed E-state index contributed by atoms with van der Waals surface area (Å²) in [6.45, 7) is 4.98. The Labute approximate surface area is 136 Å². The first-order valence-corrected chi connectivity index (χ1v) is 8.98. The van der Waals surface area contributed by atoms with Gasteiger partial charge in [-0.2, -0.15) is 11.8 Å². The van der Waals surface area contributed by atoms with Crippen LogP contribution >= 0.6 is 23.4 Å². The van der Waals surface area contributed by atoms with Crippen LogP contribution in [0.2, 0.25) is 5.02 Å². The van der Waals surface area contributed by atoms with Crippen LogP contribution in [0.25, 0.3) is 0 Å². The quantitative estimate of drug-likeness (QED) is 0.788. The topological polar surface area (TPSA) is 45.2 Å². The number of nitrogens with zero attached hydrogens (tertiary/aromatic N) is 2. The van der Waals surface area contributed by atoms with Gasteiger partial charge in [-0.15, -0.1) is 0 Å². The Morgan fingerprint density at radius 2 is 2.19 bits per heavy atom. The van der Waals surface area contributed by atoms with Crippen LogP contribution in [-0.2, 0) is 0 Å². The highest BCUT2D eigenvalue weighted by Crippen LogP contribution is 2.20. The molecule has 0 aliphatic heterocycles. The van der Waals surface area contributed by atoms with Gasteiger partial charge in [-0.25, -0.2) is 4.98 Å². The number of carbonyl (C=O) groups excluding carboxylic acids is 1. The Bertz CT molecular complexity index is 470. The number of anilines is 1. The van der Waals surface area contributed by atoms with Crippen molar-refractivity contribution in [2.45, 2.75) is 32.7 Å². The van der Waals surface area contributed by atoms with E-state index in [9.17, 15) is 4.79 Å². The third-order valence-corrected chi connectivity index (χ3v) is 4.33. The molecule has 0 saturated heterocycles. The lowest BCUT2D eigenvalue weighted by Crippen LogP contribution is -2.38. The summed E-state index contributed by atoms with van der Waals surface area (Å²) >= 11 is 7.89. The van der Waals surface area contributed by atoms with E-state index in [1.165, 1.54) is 0 Å². The zero-order valence-electron chi connectivity index (χ0n) is 13.1. The molecule has 0 aromatic carbocycles. The first kappa shape index (κ1) is 18.1. The van der Waals surface area contributed by atoms with Crippen LogP contribution in [0.4, 0.5) is 5.82 Å². The maximum Gasteiger partial charge on any atom is 0.274 e. The van der Waals surface area contributed by atoms with E-state index in [0.717, 1.165) is 25.1 Å². The average molecular weight is 330 g/mol. The summed E-state index contributed by atoms with van der Waals surface area (Å²) in [6.07, 6.45) is 3.95. The molecule has 4 nitrogen and oxygen atoms in total. The maximum absolute atomic E-state index is 12.6. The van der Waals surface area contributed by atoms with Crippen LogP contribution in [0.5, 0.6) is 0 Å². The fourth-order valence-corrected chi connectivity index (χ4v) is 3.00. The lowest BCUT2D eigenvalue weighted by molar-refractivity contribution is 0.0738. The minimum absolute atomic E-state index is 0.124. The fourth-order valence-electron chi connectivity index (χ4n) is 1.97. The van der Waals surface area contributed by atoms with Crippen LogP contribution in [-0.4, -0.2) is 47.4 Å². The monoisotopic (exact) mass is 329 g/mol. The average Bonchev–Trinajstić information content (AvgIpc) is 2.50. The molecular formula is C15H24ClN3OS. The second-order valence-corrected chi connectivity index (χ2v) is 6.21. The van der Waals surface area contributed by atoms with Gasteiger partial charge >= 0.3 is 0 Å². The number of amides is 1. The molecule has 118 valence electrons. The number of rotatable bonds is 8. The molecule has 1 rings (SSSR count). The lowest BCUT2D eigenvalue weighted by atomic mass is 10.2. The summed E-state index contributed by atoms with van der Waals surface area (Å²) in [7, 11) is 1.82. The predicted molar refractivity (Wildman–Crippen MR) is 92.6 cm³/mol. The molecule has 1 atom stereocenters. The molecule has 1 heterocycles. The number of carbonyl (C=O) groups is 1. The molecule has 0 bridgehead atoms. The van der Waals surface area contributed by atoms with Crippen molar-refractivity contribution in [3.05, 3.63) is 22.8 Å². The molecule has 0 saturated carbocycles.